The summed E-state index contributed by atoms with van der Waals surface area (Å²) in [7, 11) is 0. The van der Waals surface area contributed by atoms with Gasteiger partial charge in [0.15, 0.2) is 0 Å². The number of hydrogen-bond donors (Lipinski definition) is 1. The Morgan fingerprint density at radius 3 is 2.44 bits per heavy atom. The Balaban J connectivity index is 0.00000162. The Kier molecular flexibility index (Phi) is 5.17. The Morgan fingerprint density at radius 1 is 1.28 bits per heavy atom. The summed E-state index contributed by atoms with van der Waals surface area (Å²) in [6, 6.07) is 6.43. The van der Waals surface area contributed by atoms with Crippen LogP contribution in [0.4, 0.5) is 0 Å². The molecule has 1 amide bonds. The van der Waals surface area contributed by atoms with Crippen molar-refractivity contribution in [3.05, 3.63) is 34.9 Å². The first-order chi connectivity index (χ1) is 8.06. The lowest BCUT2D eigenvalue weighted by Crippen LogP contribution is -2.51. The highest BCUT2D eigenvalue weighted by molar-refractivity contribution is 5.94. The van der Waals surface area contributed by atoms with Gasteiger partial charge in [0.1, 0.15) is 0 Å². The van der Waals surface area contributed by atoms with Crippen molar-refractivity contribution < 1.29 is 4.79 Å². The number of amides is 1. The topological polar surface area (TPSA) is 32.3 Å². The van der Waals surface area contributed by atoms with Gasteiger partial charge < -0.3 is 10.2 Å². The van der Waals surface area contributed by atoms with Crippen LogP contribution in [0.2, 0.25) is 0 Å². The van der Waals surface area contributed by atoms with Gasteiger partial charge in [0.25, 0.3) is 5.91 Å². The largest absolute Gasteiger partial charge is 0.336 e. The summed E-state index contributed by atoms with van der Waals surface area (Å²) in [6.07, 6.45) is 0. The van der Waals surface area contributed by atoms with Crippen molar-refractivity contribution in [1.82, 2.24) is 10.2 Å². The molecule has 0 aromatic heterocycles. The maximum Gasteiger partial charge on any atom is 0.253 e. The van der Waals surface area contributed by atoms with Gasteiger partial charge in [-0.15, -0.1) is 12.4 Å². The second-order valence-corrected chi connectivity index (χ2v) is 4.98. The maximum atomic E-state index is 12.3. The van der Waals surface area contributed by atoms with Gasteiger partial charge >= 0.3 is 0 Å². The fraction of sp³-hybridized carbons (Fsp3) is 0.500. The van der Waals surface area contributed by atoms with E-state index in [9.17, 15) is 4.79 Å². The average Bonchev–Trinajstić information content (AvgIpc) is 2.26. The number of piperazine rings is 1. The molecule has 1 heterocycles. The molecule has 1 N–H and O–H groups in total. The van der Waals surface area contributed by atoms with Gasteiger partial charge in [0.05, 0.1) is 0 Å². The number of halogens is 1. The molecule has 0 unspecified atom stereocenters. The molecule has 1 aliphatic heterocycles. The molecule has 18 heavy (non-hydrogen) atoms. The molecular weight excluding hydrogens is 248 g/mol. The van der Waals surface area contributed by atoms with Gasteiger partial charge in [-0.1, -0.05) is 17.2 Å². The lowest BCUT2D eigenvalue weighted by molar-refractivity contribution is 0.0709. The first-order valence-electron chi connectivity index (χ1n) is 6.17. The van der Waals surface area contributed by atoms with Crippen LogP contribution in [-0.4, -0.2) is 36.5 Å². The molecule has 0 aliphatic carbocycles. The van der Waals surface area contributed by atoms with Gasteiger partial charge in [0, 0.05) is 31.2 Å². The number of carbonyl (C=O) groups excluding carboxylic acids is 1. The normalized spacial score (nSPS) is 19.3. The summed E-state index contributed by atoms with van der Waals surface area (Å²) in [6.45, 7) is 8.66. The van der Waals surface area contributed by atoms with E-state index in [-0.39, 0.29) is 18.3 Å². The predicted octanol–water partition coefficient (Wildman–Crippen LogP) is 2.16. The molecule has 1 fully saturated rings. The van der Waals surface area contributed by atoms with E-state index >= 15 is 0 Å². The highest BCUT2D eigenvalue weighted by atomic mass is 35.5. The Bertz CT molecular complexity index is 414. The molecule has 0 bridgehead atoms. The standard InChI is InChI=1S/C14H20N2O.ClH/c1-10-6-11(2)8-13(7-10)14(17)16-5-4-15-12(3)9-16;/h6-8,12,15H,4-5,9H2,1-3H3;1H/t12-;/m1./s1. The highest BCUT2D eigenvalue weighted by Gasteiger charge is 2.21. The van der Waals surface area contributed by atoms with Crippen molar-refractivity contribution in [1.29, 1.82) is 0 Å². The van der Waals surface area contributed by atoms with Gasteiger partial charge in [-0.25, -0.2) is 0 Å². The van der Waals surface area contributed by atoms with E-state index in [0.717, 1.165) is 36.3 Å². The van der Waals surface area contributed by atoms with E-state index in [4.69, 9.17) is 0 Å². The number of benzene rings is 1. The number of carbonyl (C=O) groups is 1. The van der Waals surface area contributed by atoms with Crippen LogP contribution in [0.5, 0.6) is 0 Å². The molecule has 1 aromatic carbocycles. The van der Waals surface area contributed by atoms with E-state index in [0.29, 0.717) is 6.04 Å². The molecule has 1 aliphatic rings. The van der Waals surface area contributed by atoms with Crippen molar-refractivity contribution in [3.8, 4) is 0 Å². The van der Waals surface area contributed by atoms with E-state index < -0.39 is 0 Å². The summed E-state index contributed by atoms with van der Waals surface area (Å²) in [4.78, 5) is 14.3. The highest BCUT2D eigenvalue weighted by Crippen LogP contribution is 2.12. The van der Waals surface area contributed by atoms with E-state index in [2.05, 4.69) is 18.3 Å². The summed E-state index contributed by atoms with van der Waals surface area (Å²) < 4.78 is 0. The molecule has 0 radical (unpaired) electrons. The van der Waals surface area contributed by atoms with Crippen LogP contribution >= 0.6 is 12.4 Å². The average molecular weight is 269 g/mol. The molecule has 1 atom stereocenters. The lowest BCUT2D eigenvalue weighted by atomic mass is 10.1. The molecule has 0 saturated carbocycles. The number of aryl methyl sites for hydroxylation is 2. The smallest absolute Gasteiger partial charge is 0.253 e. The minimum Gasteiger partial charge on any atom is -0.336 e. The number of nitrogens with one attached hydrogen (secondary N) is 1. The third kappa shape index (κ3) is 3.47. The SMILES string of the molecule is Cc1cc(C)cc(C(=O)N2CCN[C@H](C)C2)c1.Cl. The van der Waals surface area contributed by atoms with E-state index in [1.165, 1.54) is 0 Å². The van der Waals surface area contributed by atoms with Crippen molar-refractivity contribution >= 4 is 18.3 Å². The van der Waals surface area contributed by atoms with E-state index in [1.807, 2.05) is 30.9 Å². The zero-order valence-electron chi connectivity index (χ0n) is 11.2. The Morgan fingerprint density at radius 2 is 1.89 bits per heavy atom. The van der Waals surface area contributed by atoms with Gasteiger partial charge in [-0.2, -0.15) is 0 Å². The number of nitrogens with zero attached hydrogens (tertiary/aromatic N) is 1. The summed E-state index contributed by atoms with van der Waals surface area (Å²) in [5, 5.41) is 3.35. The maximum absolute atomic E-state index is 12.3. The fourth-order valence-electron chi connectivity index (χ4n) is 2.40. The zero-order valence-corrected chi connectivity index (χ0v) is 12.0. The molecular formula is C14H21ClN2O. The van der Waals surface area contributed by atoms with Crippen molar-refractivity contribution in [2.75, 3.05) is 19.6 Å². The van der Waals surface area contributed by atoms with Gasteiger partial charge in [0.2, 0.25) is 0 Å². The number of hydrogen-bond acceptors (Lipinski definition) is 2. The molecule has 0 spiro atoms. The Labute approximate surface area is 115 Å². The molecule has 1 aromatic rings. The second-order valence-electron chi connectivity index (χ2n) is 4.98. The van der Waals surface area contributed by atoms with E-state index in [1.54, 1.807) is 0 Å². The third-order valence-electron chi connectivity index (χ3n) is 3.12. The molecule has 3 nitrogen and oxygen atoms in total. The van der Waals surface area contributed by atoms with Crippen molar-refractivity contribution in [2.24, 2.45) is 0 Å². The second kappa shape index (κ2) is 6.21. The van der Waals surface area contributed by atoms with Crippen LogP contribution in [0.15, 0.2) is 18.2 Å². The van der Waals surface area contributed by atoms with Crippen LogP contribution in [0.25, 0.3) is 0 Å². The molecule has 4 heteroatoms. The third-order valence-corrected chi connectivity index (χ3v) is 3.12. The summed E-state index contributed by atoms with van der Waals surface area (Å²) >= 11 is 0. The number of rotatable bonds is 1. The molecule has 1 saturated heterocycles. The fourth-order valence-corrected chi connectivity index (χ4v) is 2.40. The van der Waals surface area contributed by atoms with Crippen LogP contribution in [0.3, 0.4) is 0 Å². The van der Waals surface area contributed by atoms with Crippen molar-refractivity contribution in [2.45, 2.75) is 26.8 Å². The van der Waals surface area contributed by atoms with Gasteiger partial charge in [-0.3, -0.25) is 4.79 Å². The van der Waals surface area contributed by atoms with Gasteiger partial charge in [-0.05, 0) is 32.9 Å². The summed E-state index contributed by atoms with van der Waals surface area (Å²) in [5.41, 5.74) is 3.12. The first kappa shape index (κ1) is 15.0. The lowest BCUT2D eigenvalue weighted by Gasteiger charge is -2.32. The Hall–Kier alpha value is -1.06. The molecule has 100 valence electrons. The first-order valence-corrected chi connectivity index (χ1v) is 6.17. The quantitative estimate of drug-likeness (QED) is 0.847. The van der Waals surface area contributed by atoms with Crippen LogP contribution in [0.1, 0.15) is 28.4 Å². The molecule has 2 rings (SSSR count). The summed E-state index contributed by atoms with van der Waals surface area (Å²) in [5.74, 6) is 0.158. The zero-order chi connectivity index (χ0) is 12.4. The monoisotopic (exact) mass is 268 g/mol. The van der Waals surface area contributed by atoms with Crippen LogP contribution in [-0.2, 0) is 0 Å². The van der Waals surface area contributed by atoms with Crippen LogP contribution in [0, 0.1) is 13.8 Å². The van der Waals surface area contributed by atoms with Crippen molar-refractivity contribution in [3.63, 3.8) is 0 Å². The predicted molar refractivity (Wildman–Crippen MR) is 76.5 cm³/mol. The minimum atomic E-state index is 0. The van der Waals surface area contributed by atoms with Crippen LogP contribution < -0.4 is 5.32 Å². The minimum absolute atomic E-state index is 0.